The van der Waals surface area contributed by atoms with Crippen molar-refractivity contribution in [3.8, 4) is 6.07 Å². The van der Waals surface area contributed by atoms with Gasteiger partial charge < -0.3 is 14.6 Å². The van der Waals surface area contributed by atoms with E-state index in [4.69, 9.17) is 24.6 Å². The van der Waals surface area contributed by atoms with Crippen LogP contribution in [0.3, 0.4) is 0 Å². The van der Waals surface area contributed by atoms with E-state index in [-0.39, 0.29) is 11.9 Å². The second kappa shape index (κ2) is 11.0. The summed E-state index contributed by atoms with van der Waals surface area (Å²) in [5.41, 5.74) is -0.300. The smallest absolute Gasteiger partial charge is 0.290 e. The molecule has 5 nitrogen and oxygen atoms in total. The number of nitriles is 1. The van der Waals surface area contributed by atoms with Crippen molar-refractivity contribution in [1.29, 1.82) is 5.26 Å². The average Bonchev–Trinajstić information content (AvgIpc) is 2.25. The van der Waals surface area contributed by atoms with E-state index in [1.54, 1.807) is 14.2 Å². The predicted octanol–water partition coefficient (Wildman–Crippen LogP) is 1.29. The number of carboxylic acid groups (broad SMARTS) is 1. The Bertz CT molecular complexity index is 180. The molecule has 5 heteroatoms. The highest BCUT2D eigenvalue weighted by atomic mass is 16.5. The fraction of sp³-hybridized carbons (Fsp3) is 0.800. The minimum absolute atomic E-state index is 0.250. The van der Waals surface area contributed by atoms with Gasteiger partial charge in [-0.05, 0) is 19.8 Å². The quantitative estimate of drug-likeness (QED) is 0.678. The van der Waals surface area contributed by atoms with Crippen LogP contribution in [0.1, 0.15) is 19.8 Å². The van der Waals surface area contributed by atoms with Crippen LogP contribution in [0.2, 0.25) is 0 Å². The van der Waals surface area contributed by atoms with E-state index in [2.05, 4.69) is 6.07 Å². The van der Waals surface area contributed by atoms with Gasteiger partial charge in [0.15, 0.2) is 0 Å². The van der Waals surface area contributed by atoms with Crippen molar-refractivity contribution >= 4 is 6.47 Å². The summed E-state index contributed by atoms with van der Waals surface area (Å²) in [5, 5.41) is 15.8. The van der Waals surface area contributed by atoms with E-state index in [1.807, 2.05) is 6.92 Å². The first-order chi connectivity index (χ1) is 7.10. The van der Waals surface area contributed by atoms with Gasteiger partial charge in [-0.1, -0.05) is 0 Å². The molecular weight excluding hydrogens is 198 g/mol. The summed E-state index contributed by atoms with van der Waals surface area (Å²) >= 11 is 0. The van der Waals surface area contributed by atoms with Crippen LogP contribution in [-0.4, -0.2) is 39.0 Å². The zero-order valence-corrected chi connectivity index (χ0v) is 9.52. The molecule has 0 fully saturated rings. The molecule has 0 saturated carbocycles. The number of methoxy groups -OCH3 is 2. The van der Waals surface area contributed by atoms with E-state index < -0.39 is 0 Å². The summed E-state index contributed by atoms with van der Waals surface area (Å²) in [6.45, 7) is 2.95. The lowest BCUT2D eigenvalue weighted by Crippen LogP contribution is -2.18. The number of carbonyl (C=O) groups is 1. The minimum Gasteiger partial charge on any atom is -0.483 e. The van der Waals surface area contributed by atoms with Gasteiger partial charge in [0, 0.05) is 27.4 Å². The first-order valence-corrected chi connectivity index (χ1v) is 4.57. The Hall–Kier alpha value is -1.12. The molecule has 15 heavy (non-hydrogen) atoms. The molecule has 0 aromatic carbocycles. The number of hydrogen-bond acceptors (Lipinski definition) is 4. The van der Waals surface area contributed by atoms with E-state index in [9.17, 15) is 0 Å². The first-order valence-electron chi connectivity index (χ1n) is 4.57. The van der Waals surface area contributed by atoms with Crippen LogP contribution in [0.25, 0.3) is 0 Å². The van der Waals surface area contributed by atoms with E-state index >= 15 is 0 Å². The zero-order valence-electron chi connectivity index (χ0n) is 9.52. The Morgan fingerprint density at radius 3 is 1.87 bits per heavy atom. The summed E-state index contributed by atoms with van der Waals surface area (Å²) in [4.78, 5) is 8.36. The lowest BCUT2D eigenvalue weighted by Gasteiger charge is -2.19. The van der Waals surface area contributed by atoms with Gasteiger partial charge in [0.2, 0.25) is 0 Å². The third kappa shape index (κ3) is 10.8. The molecule has 0 heterocycles. The maximum atomic E-state index is 8.88. The molecule has 0 aromatic heterocycles. The Kier molecular flexibility index (Phi) is 11.9. The normalized spacial score (nSPS) is 9.73. The molecule has 0 aliphatic heterocycles. The molecule has 0 spiro atoms. The lowest BCUT2D eigenvalue weighted by molar-refractivity contribution is -0.122. The van der Waals surface area contributed by atoms with Crippen LogP contribution in [0.5, 0.6) is 0 Å². The molecule has 0 aliphatic rings. The summed E-state index contributed by atoms with van der Waals surface area (Å²) in [6, 6.07) is 2.29. The highest BCUT2D eigenvalue weighted by Crippen LogP contribution is 2.24. The second-order valence-electron chi connectivity index (χ2n) is 3.26. The largest absolute Gasteiger partial charge is 0.483 e. The average molecular weight is 217 g/mol. The third-order valence-corrected chi connectivity index (χ3v) is 1.99. The van der Waals surface area contributed by atoms with Crippen LogP contribution in [0.15, 0.2) is 0 Å². The molecule has 1 N–H and O–H groups in total. The summed E-state index contributed by atoms with van der Waals surface area (Å²) < 4.78 is 9.85. The van der Waals surface area contributed by atoms with Gasteiger partial charge in [0.25, 0.3) is 6.47 Å². The van der Waals surface area contributed by atoms with Crippen molar-refractivity contribution in [2.24, 2.45) is 5.41 Å². The van der Waals surface area contributed by atoms with Crippen molar-refractivity contribution in [2.45, 2.75) is 19.8 Å². The van der Waals surface area contributed by atoms with Gasteiger partial charge in [-0.3, -0.25) is 4.79 Å². The van der Waals surface area contributed by atoms with Gasteiger partial charge in [0.05, 0.1) is 11.5 Å². The molecule has 0 saturated heterocycles. The van der Waals surface area contributed by atoms with Crippen molar-refractivity contribution in [3.63, 3.8) is 0 Å². The van der Waals surface area contributed by atoms with Crippen molar-refractivity contribution < 1.29 is 19.4 Å². The Labute approximate surface area is 90.6 Å². The van der Waals surface area contributed by atoms with E-state index in [0.29, 0.717) is 13.2 Å². The molecule has 0 radical (unpaired) electrons. The minimum atomic E-state index is -0.300. The molecule has 0 bridgehead atoms. The zero-order chi connectivity index (χ0) is 12.2. The second-order valence-corrected chi connectivity index (χ2v) is 3.26. The van der Waals surface area contributed by atoms with Gasteiger partial charge in [0.1, 0.15) is 0 Å². The van der Waals surface area contributed by atoms with Crippen LogP contribution < -0.4 is 0 Å². The molecule has 0 unspecified atom stereocenters. The van der Waals surface area contributed by atoms with Gasteiger partial charge >= 0.3 is 0 Å². The van der Waals surface area contributed by atoms with Gasteiger partial charge in [-0.15, -0.1) is 0 Å². The molecule has 0 aliphatic carbocycles. The van der Waals surface area contributed by atoms with Crippen molar-refractivity contribution in [1.82, 2.24) is 0 Å². The number of hydrogen-bond donors (Lipinski definition) is 1. The number of rotatable bonds is 6. The predicted molar refractivity (Wildman–Crippen MR) is 55.4 cm³/mol. The van der Waals surface area contributed by atoms with Gasteiger partial charge in [-0.2, -0.15) is 5.26 Å². The van der Waals surface area contributed by atoms with E-state index in [0.717, 1.165) is 12.8 Å². The van der Waals surface area contributed by atoms with Crippen LogP contribution >= 0.6 is 0 Å². The molecule has 88 valence electrons. The fourth-order valence-electron chi connectivity index (χ4n) is 0.891. The Balaban J connectivity index is 0. The van der Waals surface area contributed by atoms with Crippen LogP contribution in [0, 0.1) is 16.7 Å². The maximum Gasteiger partial charge on any atom is 0.290 e. The van der Waals surface area contributed by atoms with Crippen LogP contribution in [-0.2, 0) is 14.3 Å². The van der Waals surface area contributed by atoms with Crippen molar-refractivity contribution in [3.05, 3.63) is 0 Å². The maximum absolute atomic E-state index is 8.88. The topological polar surface area (TPSA) is 79.5 Å². The number of ether oxygens (including phenoxy) is 2. The molecule has 0 amide bonds. The first kappa shape index (κ1) is 16.3. The highest BCUT2D eigenvalue weighted by molar-refractivity contribution is 5.32. The fourth-order valence-corrected chi connectivity index (χ4v) is 0.891. The van der Waals surface area contributed by atoms with E-state index in [1.165, 1.54) is 0 Å². The summed E-state index contributed by atoms with van der Waals surface area (Å²) in [7, 11) is 3.29. The third-order valence-electron chi connectivity index (χ3n) is 1.99. The lowest BCUT2D eigenvalue weighted by atomic mass is 9.86. The standard InChI is InChI=1S/C9H17NO2.CH2O2/c1-9(8-10,4-6-11-2)5-7-12-3;2-1-3/h4-7H2,1-3H3;1H,(H,2,3). The molecular formula is C10H19NO4. The Morgan fingerprint density at radius 2 is 1.67 bits per heavy atom. The van der Waals surface area contributed by atoms with Gasteiger partial charge in [-0.25, -0.2) is 0 Å². The van der Waals surface area contributed by atoms with Crippen molar-refractivity contribution in [2.75, 3.05) is 27.4 Å². The molecule has 0 atom stereocenters. The molecule has 0 rings (SSSR count). The molecule has 0 aromatic rings. The SMILES string of the molecule is COCCC(C)(C#N)CCOC.O=CO. The summed E-state index contributed by atoms with van der Waals surface area (Å²) in [6.07, 6.45) is 1.53. The van der Waals surface area contributed by atoms with Crippen LogP contribution in [0.4, 0.5) is 0 Å². The Morgan fingerprint density at radius 1 is 1.33 bits per heavy atom. The highest BCUT2D eigenvalue weighted by Gasteiger charge is 2.22. The number of nitrogens with zero attached hydrogens (tertiary/aromatic N) is 1. The monoisotopic (exact) mass is 217 g/mol. The summed E-state index contributed by atoms with van der Waals surface area (Å²) in [5.74, 6) is 0.